The van der Waals surface area contributed by atoms with Crippen LogP contribution in [0.15, 0.2) is 0 Å². The summed E-state index contributed by atoms with van der Waals surface area (Å²) in [5, 5.41) is 22.6. The molecule has 0 atom stereocenters. The van der Waals surface area contributed by atoms with Crippen molar-refractivity contribution in [3.63, 3.8) is 0 Å². The zero-order chi connectivity index (χ0) is 15.6. The van der Waals surface area contributed by atoms with E-state index in [0.717, 1.165) is 6.42 Å². The summed E-state index contributed by atoms with van der Waals surface area (Å²) in [5.74, 6) is 0.394. The third kappa shape index (κ3) is 3.16. The van der Waals surface area contributed by atoms with E-state index >= 15 is 0 Å². The molecule has 2 nitrogen and oxygen atoms in total. The molecule has 0 spiro atoms. The van der Waals surface area contributed by atoms with Crippen molar-refractivity contribution in [1.82, 2.24) is 0 Å². The van der Waals surface area contributed by atoms with E-state index in [4.69, 9.17) is 0 Å². The quantitative estimate of drug-likeness (QED) is 0.732. The first-order valence-electron chi connectivity index (χ1n) is 7.91. The fraction of sp³-hybridized carbons (Fsp3) is 1.00. The highest BCUT2D eigenvalue weighted by Gasteiger charge is 2.53. The summed E-state index contributed by atoms with van der Waals surface area (Å²) in [6.45, 7) is 18.6. The molecule has 0 rings (SSSR count). The number of hydrogen-bond acceptors (Lipinski definition) is 2. The van der Waals surface area contributed by atoms with Gasteiger partial charge in [0.25, 0.3) is 0 Å². The van der Waals surface area contributed by atoms with Gasteiger partial charge >= 0.3 is 0 Å². The number of hydrogen-bond donors (Lipinski definition) is 2. The molecule has 2 heteroatoms. The maximum absolute atomic E-state index is 11.3. The summed E-state index contributed by atoms with van der Waals surface area (Å²) < 4.78 is 0. The first kappa shape index (κ1) is 18.9. The highest BCUT2D eigenvalue weighted by molar-refractivity contribution is 5.03. The Morgan fingerprint density at radius 1 is 0.632 bits per heavy atom. The lowest BCUT2D eigenvalue weighted by Crippen LogP contribution is -2.61. The van der Waals surface area contributed by atoms with Crippen LogP contribution in [-0.2, 0) is 0 Å². The summed E-state index contributed by atoms with van der Waals surface area (Å²) in [7, 11) is 0. The minimum Gasteiger partial charge on any atom is -0.389 e. The summed E-state index contributed by atoms with van der Waals surface area (Å²) >= 11 is 0. The van der Waals surface area contributed by atoms with Crippen molar-refractivity contribution in [2.75, 3.05) is 0 Å². The van der Waals surface area contributed by atoms with Gasteiger partial charge in [0.1, 0.15) is 0 Å². The van der Waals surface area contributed by atoms with E-state index in [0.29, 0.717) is 0 Å². The van der Waals surface area contributed by atoms with Gasteiger partial charge in [-0.25, -0.2) is 0 Å². The van der Waals surface area contributed by atoms with Crippen LogP contribution in [0.4, 0.5) is 0 Å². The van der Waals surface area contributed by atoms with Crippen LogP contribution >= 0.6 is 0 Å². The highest BCUT2D eigenvalue weighted by atomic mass is 16.3. The van der Waals surface area contributed by atoms with Crippen molar-refractivity contribution in [2.24, 2.45) is 29.6 Å². The van der Waals surface area contributed by atoms with Gasteiger partial charge in [0.2, 0.25) is 0 Å². The number of aliphatic hydroxyl groups is 2. The Hall–Kier alpha value is -0.0800. The van der Waals surface area contributed by atoms with E-state index in [-0.39, 0.29) is 29.6 Å². The molecule has 2 N–H and O–H groups in total. The molecule has 0 aromatic rings. The molecule has 0 bridgehead atoms. The van der Waals surface area contributed by atoms with Crippen molar-refractivity contribution in [2.45, 2.75) is 79.9 Å². The van der Waals surface area contributed by atoms with Crippen LogP contribution in [-0.4, -0.2) is 21.4 Å². The van der Waals surface area contributed by atoms with E-state index in [2.05, 4.69) is 62.3 Å². The summed E-state index contributed by atoms with van der Waals surface area (Å²) in [6, 6.07) is 0. The lowest BCUT2D eigenvalue weighted by molar-refractivity contribution is -0.202. The molecule has 0 heterocycles. The predicted molar refractivity (Wildman–Crippen MR) is 83.0 cm³/mol. The van der Waals surface area contributed by atoms with Crippen molar-refractivity contribution in [3.8, 4) is 0 Å². The Balaban J connectivity index is 5.85. The van der Waals surface area contributed by atoms with Gasteiger partial charge in [-0.1, -0.05) is 62.3 Å². The SMILES string of the molecule is CCC(C(O)(C(C)C)C(C)C)C(O)(C(C)C)C(C)C. The van der Waals surface area contributed by atoms with Crippen molar-refractivity contribution in [1.29, 1.82) is 0 Å². The fourth-order valence-corrected chi connectivity index (χ4v) is 3.97. The first-order valence-corrected chi connectivity index (χ1v) is 7.91. The van der Waals surface area contributed by atoms with Crippen LogP contribution in [0, 0.1) is 29.6 Å². The second-order valence-electron chi connectivity index (χ2n) is 7.35. The Morgan fingerprint density at radius 2 is 0.842 bits per heavy atom. The zero-order valence-electron chi connectivity index (χ0n) is 14.5. The zero-order valence-corrected chi connectivity index (χ0v) is 14.5. The molecule has 0 amide bonds. The van der Waals surface area contributed by atoms with Crippen LogP contribution in [0.25, 0.3) is 0 Å². The molecule has 0 aromatic heterocycles. The van der Waals surface area contributed by atoms with Gasteiger partial charge in [0.15, 0.2) is 0 Å². The molecule has 0 saturated heterocycles. The van der Waals surface area contributed by atoms with E-state index in [1.165, 1.54) is 0 Å². The van der Waals surface area contributed by atoms with Crippen molar-refractivity contribution >= 4 is 0 Å². The fourth-order valence-electron chi connectivity index (χ4n) is 3.97. The third-order valence-electron chi connectivity index (χ3n) is 5.22. The molecule has 0 aliphatic carbocycles. The summed E-state index contributed by atoms with van der Waals surface area (Å²) in [6.07, 6.45) is 0.791. The second-order valence-corrected chi connectivity index (χ2v) is 7.35. The lowest BCUT2D eigenvalue weighted by Gasteiger charge is -2.53. The smallest absolute Gasteiger partial charge is 0.0748 e. The van der Waals surface area contributed by atoms with Crippen molar-refractivity contribution in [3.05, 3.63) is 0 Å². The first-order chi connectivity index (χ1) is 8.47. The van der Waals surface area contributed by atoms with E-state index in [9.17, 15) is 10.2 Å². The van der Waals surface area contributed by atoms with Gasteiger partial charge in [0.05, 0.1) is 11.2 Å². The molecular formula is C17H36O2. The molecule has 0 aromatic carbocycles. The molecule has 0 unspecified atom stereocenters. The lowest BCUT2D eigenvalue weighted by atomic mass is 9.58. The molecule has 116 valence electrons. The van der Waals surface area contributed by atoms with E-state index in [1.54, 1.807) is 0 Å². The van der Waals surface area contributed by atoms with Gasteiger partial charge in [-0.3, -0.25) is 0 Å². The average Bonchev–Trinajstić information content (AvgIpc) is 2.27. The molecule has 0 radical (unpaired) electrons. The van der Waals surface area contributed by atoms with Crippen LogP contribution in [0.3, 0.4) is 0 Å². The van der Waals surface area contributed by atoms with Crippen molar-refractivity contribution < 1.29 is 10.2 Å². The Labute approximate surface area is 120 Å². The standard InChI is InChI=1S/C17H36O2/c1-10-15(16(18,11(2)3)12(4)5)17(19,13(6)7)14(8)9/h11-15,18-19H,10H2,1-9H3. The number of rotatable bonds is 7. The van der Waals surface area contributed by atoms with Gasteiger partial charge in [0, 0.05) is 5.92 Å². The molecule has 0 fully saturated rings. The molecule has 19 heavy (non-hydrogen) atoms. The summed E-state index contributed by atoms with van der Waals surface area (Å²) in [4.78, 5) is 0. The maximum atomic E-state index is 11.3. The predicted octanol–water partition coefficient (Wildman–Crippen LogP) is 4.10. The van der Waals surface area contributed by atoms with Crippen LogP contribution in [0.5, 0.6) is 0 Å². The topological polar surface area (TPSA) is 40.5 Å². The minimum absolute atomic E-state index is 0.111. The molecule has 0 saturated carbocycles. The van der Waals surface area contributed by atoms with Crippen LogP contribution in [0.1, 0.15) is 68.7 Å². The van der Waals surface area contributed by atoms with Gasteiger partial charge in [-0.05, 0) is 30.1 Å². The van der Waals surface area contributed by atoms with Crippen LogP contribution < -0.4 is 0 Å². The van der Waals surface area contributed by atoms with E-state index < -0.39 is 11.2 Å². The Bertz CT molecular complexity index is 224. The monoisotopic (exact) mass is 272 g/mol. The molecule has 0 aliphatic rings. The van der Waals surface area contributed by atoms with Crippen LogP contribution in [0.2, 0.25) is 0 Å². The Kier molecular flexibility index (Phi) is 6.55. The van der Waals surface area contributed by atoms with Gasteiger partial charge in [-0.2, -0.15) is 0 Å². The normalized spacial score (nSPS) is 14.5. The average molecular weight is 272 g/mol. The largest absolute Gasteiger partial charge is 0.389 e. The second kappa shape index (κ2) is 6.58. The third-order valence-corrected chi connectivity index (χ3v) is 5.22. The molecular weight excluding hydrogens is 236 g/mol. The minimum atomic E-state index is -0.835. The van der Waals surface area contributed by atoms with Gasteiger partial charge < -0.3 is 10.2 Å². The Morgan fingerprint density at radius 3 is 0.947 bits per heavy atom. The highest BCUT2D eigenvalue weighted by Crippen LogP contribution is 2.47. The van der Waals surface area contributed by atoms with E-state index in [1.807, 2.05) is 0 Å². The maximum Gasteiger partial charge on any atom is 0.0748 e. The summed E-state index contributed by atoms with van der Waals surface area (Å²) in [5.41, 5.74) is -1.67. The van der Waals surface area contributed by atoms with Gasteiger partial charge in [-0.15, -0.1) is 0 Å². The molecule has 0 aliphatic heterocycles.